The molecule has 0 bridgehead atoms. The van der Waals surface area contributed by atoms with E-state index in [9.17, 15) is 5.11 Å². The van der Waals surface area contributed by atoms with Crippen LogP contribution in [0.1, 0.15) is 40.0 Å². The molecule has 0 aliphatic heterocycles. The van der Waals surface area contributed by atoms with Gasteiger partial charge in [0, 0.05) is 29.6 Å². The van der Waals surface area contributed by atoms with E-state index in [-0.39, 0.29) is 35.7 Å². The predicted molar refractivity (Wildman–Crippen MR) is 53.1 cm³/mol. The van der Waals surface area contributed by atoms with Crippen molar-refractivity contribution in [1.82, 2.24) is 0 Å². The zero-order valence-corrected chi connectivity index (χ0v) is 10.9. The van der Waals surface area contributed by atoms with Crippen LogP contribution >= 0.6 is 0 Å². The predicted octanol–water partition coefficient (Wildman–Crippen LogP) is 2.06. The van der Waals surface area contributed by atoms with Crippen molar-refractivity contribution >= 4 is 29.6 Å². The Morgan fingerprint density at radius 2 is 1.83 bits per heavy atom. The quantitative estimate of drug-likeness (QED) is 0.611. The maximum atomic E-state index is 9.71. The van der Waals surface area contributed by atoms with Crippen molar-refractivity contribution in [2.75, 3.05) is 0 Å². The smallest absolute Gasteiger partial charge is 0.0573 e. The van der Waals surface area contributed by atoms with E-state index in [1.807, 2.05) is 0 Å². The fraction of sp³-hybridized carbons (Fsp3) is 1.00. The Hall–Kier alpha value is 0.960. The molecule has 1 radical (unpaired) electrons. The zero-order valence-electron chi connectivity index (χ0n) is 8.88. The summed E-state index contributed by atoms with van der Waals surface area (Å²) in [5.41, 5.74) is 0. The molecule has 0 spiro atoms. The molecule has 3 atom stereocenters. The Labute approximate surface area is 98.2 Å². The third-order valence-electron chi connectivity index (χ3n) is 2.99. The summed E-state index contributed by atoms with van der Waals surface area (Å²) in [4.78, 5) is 0. The van der Waals surface area contributed by atoms with Gasteiger partial charge in [-0.15, -0.1) is 0 Å². The molecule has 0 aromatic heterocycles. The third-order valence-corrected chi connectivity index (χ3v) is 2.99. The average molecular weight is 179 g/mol. The molecule has 0 heterocycles. The fourth-order valence-corrected chi connectivity index (χ4v) is 2.15. The van der Waals surface area contributed by atoms with E-state index >= 15 is 0 Å². The molecule has 1 aliphatic carbocycles. The topological polar surface area (TPSA) is 20.2 Å². The van der Waals surface area contributed by atoms with Crippen molar-refractivity contribution in [1.29, 1.82) is 0 Å². The summed E-state index contributed by atoms with van der Waals surface area (Å²) in [5, 5.41) is 9.71. The van der Waals surface area contributed by atoms with Crippen LogP contribution in [0.25, 0.3) is 0 Å². The first-order valence-electron chi connectivity index (χ1n) is 4.79. The van der Waals surface area contributed by atoms with Gasteiger partial charge in [0.15, 0.2) is 0 Å². The van der Waals surface area contributed by atoms with Gasteiger partial charge in [0.05, 0.1) is 6.10 Å². The van der Waals surface area contributed by atoms with Crippen molar-refractivity contribution < 1.29 is 5.11 Å². The fourth-order valence-electron chi connectivity index (χ4n) is 2.15. The molecule has 67 valence electrons. The Morgan fingerprint density at radius 3 is 2.25 bits per heavy atom. The molecule has 0 amide bonds. The normalized spacial score (nSPS) is 36.2. The molecule has 1 nitrogen and oxygen atoms in total. The Bertz CT molecular complexity index is 125. The number of aliphatic hydroxyl groups excluding tert-OH is 1. The van der Waals surface area contributed by atoms with Gasteiger partial charge in [0.1, 0.15) is 0 Å². The summed E-state index contributed by atoms with van der Waals surface area (Å²) in [5.74, 6) is 1.95. The molecular weight excluding hydrogens is 159 g/mol. The first-order chi connectivity index (χ1) is 5.11. The van der Waals surface area contributed by atoms with Gasteiger partial charge >= 0.3 is 0 Å². The molecule has 1 aliphatic rings. The summed E-state index contributed by atoms with van der Waals surface area (Å²) in [6, 6.07) is 0. The zero-order chi connectivity index (χ0) is 8.43. The minimum atomic E-state index is -0.0289. The molecule has 1 saturated carbocycles. The minimum absolute atomic E-state index is 0. The van der Waals surface area contributed by atoms with E-state index in [1.165, 1.54) is 12.8 Å². The summed E-state index contributed by atoms with van der Waals surface area (Å²) in [6.45, 7) is 6.66. The van der Waals surface area contributed by atoms with Crippen LogP contribution < -0.4 is 0 Å². The van der Waals surface area contributed by atoms with E-state index in [0.29, 0.717) is 11.8 Å². The SMILES string of the molecule is CC(C)[C@@H]1CC[C@@H](C)C[C@H]1O.[Na]. The summed E-state index contributed by atoms with van der Waals surface area (Å²) in [6.07, 6.45) is 3.52. The molecular formula is C10H20NaO. The van der Waals surface area contributed by atoms with Gasteiger partial charge in [-0.1, -0.05) is 27.2 Å². The van der Waals surface area contributed by atoms with Crippen molar-refractivity contribution in [2.45, 2.75) is 46.1 Å². The van der Waals surface area contributed by atoms with Crippen molar-refractivity contribution in [2.24, 2.45) is 17.8 Å². The molecule has 12 heavy (non-hydrogen) atoms. The first kappa shape index (κ1) is 13.0. The van der Waals surface area contributed by atoms with E-state index in [4.69, 9.17) is 0 Å². The summed E-state index contributed by atoms with van der Waals surface area (Å²) >= 11 is 0. The van der Waals surface area contributed by atoms with Crippen LogP contribution in [0.2, 0.25) is 0 Å². The van der Waals surface area contributed by atoms with Crippen LogP contribution in [0, 0.1) is 17.8 Å². The van der Waals surface area contributed by atoms with E-state index in [1.54, 1.807) is 0 Å². The maximum Gasteiger partial charge on any atom is 0.0573 e. The molecule has 1 fully saturated rings. The average Bonchev–Trinajstić information content (AvgIpc) is 1.85. The number of hydrogen-bond acceptors (Lipinski definition) is 1. The number of aliphatic hydroxyl groups is 1. The van der Waals surface area contributed by atoms with Crippen LogP contribution in [0.15, 0.2) is 0 Å². The van der Waals surface area contributed by atoms with Crippen LogP contribution in [0.4, 0.5) is 0 Å². The van der Waals surface area contributed by atoms with Gasteiger partial charge in [0.25, 0.3) is 0 Å². The second kappa shape index (κ2) is 5.64. The van der Waals surface area contributed by atoms with Crippen LogP contribution in [0.3, 0.4) is 0 Å². The summed E-state index contributed by atoms with van der Waals surface area (Å²) in [7, 11) is 0. The van der Waals surface area contributed by atoms with Gasteiger partial charge in [0.2, 0.25) is 0 Å². The molecule has 1 rings (SSSR count). The van der Waals surface area contributed by atoms with E-state index in [0.717, 1.165) is 12.3 Å². The summed E-state index contributed by atoms with van der Waals surface area (Å²) < 4.78 is 0. The molecule has 0 aromatic rings. The molecule has 2 heteroatoms. The molecule has 0 saturated heterocycles. The second-order valence-electron chi connectivity index (χ2n) is 4.39. The Balaban J connectivity index is 0.00000121. The van der Waals surface area contributed by atoms with Gasteiger partial charge in [-0.2, -0.15) is 0 Å². The Morgan fingerprint density at radius 1 is 1.25 bits per heavy atom. The second-order valence-corrected chi connectivity index (χ2v) is 4.39. The monoisotopic (exact) mass is 179 g/mol. The van der Waals surface area contributed by atoms with Gasteiger partial charge in [-0.3, -0.25) is 0 Å². The van der Waals surface area contributed by atoms with E-state index in [2.05, 4.69) is 20.8 Å². The van der Waals surface area contributed by atoms with E-state index < -0.39 is 0 Å². The van der Waals surface area contributed by atoms with Crippen molar-refractivity contribution in [3.8, 4) is 0 Å². The third kappa shape index (κ3) is 3.37. The van der Waals surface area contributed by atoms with Crippen molar-refractivity contribution in [3.05, 3.63) is 0 Å². The largest absolute Gasteiger partial charge is 0.393 e. The van der Waals surface area contributed by atoms with Crippen molar-refractivity contribution in [3.63, 3.8) is 0 Å². The minimum Gasteiger partial charge on any atom is -0.393 e. The first-order valence-corrected chi connectivity index (χ1v) is 4.79. The molecule has 1 N–H and O–H groups in total. The van der Waals surface area contributed by atoms with Gasteiger partial charge < -0.3 is 5.11 Å². The molecule has 0 aromatic carbocycles. The van der Waals surface area contributed by atoms with Crippen LogP contribution in [-0.2, 0) is 0 Å². The molecule has 0 unspecified atom stereocenters. The van der Waals surface area contributed by atoms with Gasteiger partial charge in [-0.25, -0.2) is 0 Å². The Kier molecular flexibility index (Phi) is 6.09. The van der Waals surface area contributed by atoms with Crippen LogP contribution in [-0.4, -0.2) is 40.8 Å². The maximum absolute atomic E-state index is 9.71. The standard InChI is InChI=1S/C10H20O.Na/c1-7(2)9-5-4-8(3)6-10(9)11;/h7-11H,4-6H2,1-3H3;/t8-,9+,10-;/m1./s1. The van der Waals surface area contributed by atoms with Crippen LogP contribution in [0.5, 0.6) is 0 Å². The number of hydrogen-bond donors (Lipinski definition) is 1. The van der Waals surface area contributed by atoms with Gasteiger partial charge in [-0.05, 0) is 30.6 Å². The number of rotatable bonds is 1.